The first-order valence-corrected chi connectivity index (χ1v) is 18.0. The van der Waals surface area contributed by atoms with Gasteiger partial charge in [-0.25, -0.2) is 13.1 Å². The van der Waals surface area contributed by atoms with Crippen LogP contribution < -0.4 is 20.7 Å². The number of likely N-dealkylation sites (tertiary alicyclic amines) is 1. The molecule has 1 unspecified atom stereocenters. The first-order chi connectivity index (χ1) is 23.3. The van der Waals surface area contributed by atoms with Crippen molar-refractivity contribution in [1.29, 1.82) is 0 Å². The maximum atomic E-state index is 15.1. The number of ketones is 1. The average molecular weight is 720 g/mol. The molecule has 0 aliphatic carbocycles. The average Bonchev–Trinajstić information content (AvgIpc) is 3.55. The lowest BCUT2D eigenvalue weighted by Gasteiger charge is -2.32. The molecule has 272 valence electrons. The molecule has 3 atom stereocenters. The standard InChI is InChI=1S/C34H43F2N5O8S/c1-20(2)26(28(42)34(35,36)33(47)37-18-17-22-10-7-6-8-11-22)38-31(45)25-12-9-19-41(25)32(46)27(21(3)4)39-29(43)23-13-15-24(16-14-23)30(44)40-50(5,48)49/h6-8,10-11,13-16,20-21,25-27H,9,12,17-19H2,1-5H3,(H,37,47)(H,38,45)(H,39,43)(H,40,44)/t25-,26?,27-/m0/s1. The van der Waals surface area contributed by atoms with E-state index in [2.05, 4.69) is 16.0 Å². The van der Waals surface area contributed by atoms with Crippen molar-refractivity contribution >= 4 is 45.3 Å². The van der Waals surface area contributed by atoms with E-state index >= 15 is 8.78 Å². The van der Waals surface area contributed by atoms with Gasteiger partial charge in [0.1, 0.15) is 12.1 Å². The van der Waals surface area contributed by atoms with Gasteiger partial charge in [-0.1, -0.05) is 58.0 Å². The van der Waals surface area contributed by atoms with Crippen LogP contribution in [0.5, 0.6) is 0 Å². The van der Waals surface area contributed by atoms with Gasteiger partial charge in [-0.3, -0.25) is 28.8 Å². The number of hydrogen-bond donors (Lipinski definition) is 4. The molecular formula is C34H43F2N5O8S. The molecule has 16 heteroatoms. The van der Waals surface area contributed by atoms with Crippen LogP contribution in [0.3, 0.4) is 0 Å². The van der Waals surface area contributed by atoms with Crippen molar-refractivity contribution in [3.63, 3.8) is 0 Å². The zero-order valence-corrected chi connectivity index (χ0v) is 29.3. The normalized spacial score (nSPS) is 16.0. The van der Waals surface area contributed by atoms with Gasteiger partial charge < -0.3 is 20.9 Å². The molecule has 0 bridgehead atoms. The van der Waals surface area contributed by atoms with E-state index in [0.29, 0.717) is 6.42 Å². The van der Waals surface area contributed by atoms with E-state index in [1.54, 1.807) is 44.2 Å². The van der Waals surface area contributed by atoms with Gasteiger partial charge in [0.25, 0.3) is 17.7 Å². The number of alkyl halides is 2. The lowest BCUT2D eigenvalue weighted by atomic mass is 9.94. The minimum atomic E-state index is -4.44. The highest BCUT2D eigenvalue weighted by Crippen LogP contribution is 2.24. The smallest absolute Gasteiger partial charge is 0.350 e. The maximum absolute atomic E-state index is 15.1. The van der Waals surface area contributed by atoms with Crippen LogP contribution >= 0.6 is 0 Å². The van der Waals surface area contributed by atoms with Gasteiger partial charge in [0.15, 0.2) is 0 Å². The number of amides is 5. The van der Waals surface area contributed by atoms with E-state index in [0.717, 1.165) is 11.8 Å². The summed E-state index contributed by atoms with van der Waals surface area (Å²) < 4.78 is 54.7. The number of hydrogen-bond acceptors (Lipinski definition) is 8. The lowest BCUT2D eigenvalue weighted by molar-refractivity contribution is -0.161. The summed E-state index contributed by atoms with van der Waals surface area (Å²) in [4.78, 5) is 79.0. The fourth-order valence-electron chi connectivity index (χ4n) is 5.39. The topological polar surface area (TPSA) is 188 Å². The highest BCUT2D eigenvalue weighted by atomic mass is 32.2. The van der Waals surface area contributed by atoms with E-state index < -0.39 is 81.2 Å². The number of nitrogens with one attached hydrogen (secondary N) is 4. The maximum Gasteiger partial charge on any atom is 0.383 e. The minimum Gasteiger partial charge on any atom is -0.350 e. The number of halogens is 2. The number of carbonyl (C=O) groups is 6. The van der Waals surface area contributed by atoms with Crippen LogP contribution in [0.1, 0.15) is 66.8 Å². The molecule has 3 rings (SSSR count). The van der Waals surface area contributed by atoms with Crippen molar-refractivity contribution in [3.8, 4) is 0 Å². The summed E-state index contributed by atoms with van der Waals surface area (Å²) in [6.45, 7) is 6.23. The first kappa shape index (κ1) is 39.7. The summed E-state index contributed by atoms with van der Waals surface area (Å²) in [5.41, 5.74) is 0.852. The number of benzene rings is 2. The summed E-state index contributed by atoms with van der Waals surface area (Å²) in [6, 6.07) is 9.91. The molecule has 1 aliphatic heterocycles. The third-order valence-corrected chi connectivity index (χ3v) is 8.68. The molecule has 1 aliphatic rings. The Bertz CT molecular complexity index is 1680. The van der Waals surface area contributed by atoms with Crippen LogP contribution in [0, 0.1) is 11.8 Å². The predicted molar refractivity (Wildman–Crippen MR) is 179 cm³/mol. The molecule has 0 aromatic heterocycles. The second-order valence-corrected chi connectivity index (χ2v) is 14.6. The van der Waals surface area contributed by atoms with Gasteiger partial charge in [0, 0.05) is 24.2 Å². The van der Waals surface area contributed by atoms with Crippen molar-refractivity contribution in [1.82, 2.24) is 25.6 Å². The minimum absolute atomic E-state index is 0.0194. The molecule has 1 saturated heterocycles. The van der Waals surface area contributed by atoms with E-state index in [9.17, 15) is 37.2 Å². The fourth-order valence-corrected chi connectivity index (χ4v) is 5.84. The Hall–Kier alpha value is -4.73. The Kier molecular flexibility index (Phi) is 13.3. The van der Waals surface area contributed by atoms with Crippen molar-refractivity contribution in [3.05, 3.63) is 71.3 Å². The molecule has 13 nitrogen and oxygen atoms in total. The van der Waals surface area contributed by atoms with Gasteiger partial charge in [0.2, 0.25) is 27.6 Å². The number of sulfonamides is 1. The van der Waals surface area contributed by atoms with Gasteiger partial charge >= 0.3 is 5.92 Å². The monoisotopic (exact) mass is 719 g/mol. The van der Waals surface area contributed by atoms with Crippen LogP contribution in [-0.2, 0) is 35.6 Å². The predicted octanol–water partition coefficient (Wildman–Crippen LogP) is 1.83. The Balaban J connectivity index is 1.68. The zero-order chi connectivity index (χ0) is 37.4. The molecule has 0 saturated carbocycles. The number of nitrogens with zero attached hydrogens (tertiary/aromatic N) is 1. The third kappa shape index (κ3) is 10.4. The highest BCUT2D eigenvalue weighted by molar-refractivity contribution is 7.89. The lowest BCUT2D eigenvalue weighted by Crippen LogP contribution is -2.60. The van der Waals surface area contributed by atoms with Crippen LogP contribution in [0.2, 0.25) is 0 Å². The van der Waals surface area contributed by atoms with Gasteiger partial charge in [-0.2, -0.15) is 8.78 Å². The molecular weight excluding hydrogens is 676 g/mol. The molecule has 0 spiro atoms. The molecule has 0 radical (unpaired) electrons. The van der Waals surface area contributed by atoms with E-state index in [4.69, 9.17) is 0 Å². The summed E-state index contributed by atoms with van der Waals surface area (Å²) in [5.74, 6) is -12.3. The van der Waals surface area contributed by atoms with Crippen LogP contribution in [-0.4, -0.2) is 92.0 Å². The van der Waals surface area contributed by atoms with Gasteiger partial charge in [-0.15, -0.1) is 0 Å². The molecule has 2 aromatic carbocycles. The molecule has 1 fully saturated rings. The Morgan fingerprint density at radius 2 is 1.40 bits per heavy atom. The second-order valence-electron chi connectivity index (χ2n) is 12.8. The second kappa shape index (κ2) is 16.8. The third-order valence-electron chi connectivity index (χ3n) is 8.13. The number of rotatable bonds is 15. The Morgan fingerprint density at radius 1 is 0.840 bits per heavy atom. The molecule has 1 heterocycles. The van der Waals surface area contributed by atoms with Gasteiger partial charge in [-0.05, 0) is 60.9 Å². The summed E-state index contributed by atoms with van der Waals surface area (Å²) in [5, 5.41) is 7.08. The fraction of sp³-hybridized carbons (Fsp3) is 0.471. The van der Waals surface area contributed by atoms with Crippen LogP contribution in [0.4, 0.5) is 8.78 Å². The van der Waals surface area contributed by atoms with Crippen molar-refractivity contribution in [2.24, 2.45) is 11.8 Å². The molecule has 2 aromatic rings. The van der Waals surface area contributed by atoms with E-state index in [1.165, 1.54) is 43.0 Å². The summed E-state index contributed by atoms with van der Waals surface area (Å²) in [6.07, 6.45) is 1.65. The molecule has 5 amide bonds. The quantitative estimate of drug-likeness (QED) is 0.201. The number of carbonyl (C=O) groups excluding carboxylic acids is 6. The largest absolute Gasteiger partial charge is 0.383 e. The van der Waals surface area contributed by atoms with Crippen molar-refractivity contribution < 1.29 is 46.0 Å². The number of Topliss-reactive ketones (excluding diaryl/α,β-unsaturated/α-hetero) is 1. The Morgan fingerprint density at radius 3 is 1.94 bits per heavy atom. The molecule has 50 heavy (non-hydrogen) atoms. The Labute approximate surface area is 290 Å². The van der Waals surface area contributed by atoms with Gasteiger partial charge in [0.05, 0.1) is 12.3 Å². The van der Waals surface area contributed by atoms with Crippen molar-refractivity contribution in [2.45, 2.75) is 71.0 Å². The zero-order valence-electron chi connectivity index (χ0n) is 28.5. The SMILES string of the molecule is CC(C)C(NC(=O)[C@@H]1CCCN1C(=O)[C@@H](NC(=O)c1ccc(C(=O)NS(C)(=O)=O)cc1)C(C)C)C(=O)C(F)(F)C(=O)NCCc1ccccc1. The summed E-state index contributed by atoms with van der Waals surface area (Å²) in [7, 11) is -3.80. The van der Waals surface area contributed by atoms with E-state index in [-0.39, 0.29) is 37.1 Å². The van der Waals surface area contributed by atoms with Crippen LogP contribution in [0.25, 0.3) is 0 Å². The molecule has 4 N–H and O–H groups in total. The van der Waals surface area contributed by atoms with E-state index in [1.807, 2.05) is 4.72 Å². The summed E-state index contributed by atoms with van der Waals surface area (Å²) >= 11 is 0. The van der Waals surface area contributed by atoms with Crippen molar-refractivity contribution in [2.75, 3.05) is 19.3 Å². The highest BCUT2D eigenvalue weighted by Gasteiger charge is 2.51. The first-order valence-electron chi connectivity index (χ1n) is 16.1. The van der Waals surface area contributed by atoms with Crippen LogP contribution in [0.15, 0.2) is 54.6 Å².